The smallest absolute Gasteiger partial charge is 0.420 e. The van der Waals surface area contributed by atoms with Crippen LogP contribution >= 0.6 is 0 Å². The van der Waals surface area contributed by atoms with Crippen LogP contribution in [0.5, 0.6) is 5.75 Å². The fourth-order valence-corrected chi connectivity index (χ4v) is 2.64. The van der Waals surface area contributed by atoms with Crippen LogP contribution in [0.2, 0.25) is 0 Å². The van der Waals surface area contributed by atoms with E-state index >= 15 is 0 Å². The first-order valence-corrected chi connectivity index (χ1v) is 7.99. The number of nitrogens with zero attached hydrogens (tertiary/aromatic N) is 1. The molecule has 1 aromatic carbocycles. The monoisotopic (exact) mass is 396 g/mol. The van der Waals surface area contributed by atoms with Gasteiger partial charge in [-0.3, -0.25) is 4.79 Å². The molecule has 150 valence electrons. The highest BCUT2D eigenvalue weighted by Gasteiger charge is 2.35. The van der Waals surface area contributed by atoms with Crippen LogP contribution in [0.15, 0.2) is 18.2 Å². The van der Waals surface area contributed by atoms with Crippen molar-refractivity contribution in [3.63, 3.8) is 0 Å². The van der Waals surface area contributed by atoms with Gasteiger partial charge in [0.1, 0.15) is 12.4 Å². The zero-order valence-corrected chi connectivity index (χ0v) is 13.9. The van der Waals surface area contributed by atoms with E-state index in [2.05, 4.69) is 10.1 Å². The Morgan fingerprint density at radius 1 is 1.26 bits per heavy atom. The summed E-state index contributed by atoms with van der Waals surface area (Å²) in [5, 5.41) is 11.2. The maximum absolute atomic E-state index is 13.1. The molecule has 2 amide bonds. The van der Waals surface area contributed by atoms with Crippen molar-refractivity contribution in [2.45, 2.75) is 25.4 Å². The fourth-order valence-electron chi connectivity index (χ4n) is 2.64. The Morgan fingerprint density at radius 2 is 1.89 bits per heavy atom. The lowest BCUT2D eigenvalue weighted by molar-refractivity contribution is -0.143. The molecular weight excluding hydrogens is 379 g/mol. The highest BCUT2D eigenvalue weighted by molar-refractivity contribution is 5.89. The number of alkyl halides is 5. The summed E-state index contributed by atoms with van der Waals surface area (Å²) in [6, 6.07) is 1.89. The van der Waals surface area contributed by atoms with Crippen LogP contribution in [0.3, 0.4) is 0 Å². The van der Waals surface area contributed by atoms with E-state index < -0.39 is 48.4 Å². The van der Waals surface area contributed by atoms with E-state index in [0.717, 1.165) is 12.1 Å². The molecule has 27 heavy (non-hydrogen) atoms. The van der Waals surface area contributed by atoms with Gasteiger partial charge < -0.3 is 20.1 Å². The van der Waals surface area contributed by atoms with Crippen LogP contribution in [0.25, 0.3) is 0 Å². The number of carbonyl (C=O) groups excluding carboxylic acids is 1. The Balaban J connectivity index is 2.08. The number of benzene rings is 1. The molecule has 1 heterocycles. The number of carboxylic acids is 1. The summed E-state index contributed by atoms with van der Waals surface area (Å²) >= 11 is 0. The number of hydrogen-bond acceptors (Lipinski definition) is 3. The number of carbonyl (C=O) groups is 2. The molecule has 6 nitrogen and oxygen atoms in total. The molecule has 0 aromatic heterocycles. The van der Waals surface area contributed by atoms with Crippen molar-refractivity contribution >= 4 is 17.7 Å². The number of anilines is 1. The highest BCUT2D eigenvalue weighted by atomic mass is 19.4. The van der Waals surface area contributed by atoms with Crippen molar-refractivity contribution in [1.29, 1.82) is 0 Å². The van der Waals surface area contributed by atoms with Crippen LogP contribution in [0.1, 0.15) is 18.4 Å². The molecule has 0 unspecified atom stereocenters. The van der Waals surface area contributed by atoms with E-state index in [1.165, 1.54) is 4.90 Å². The van der Waals surface area contributed by atoms with Crippen LogP contribution in [-0.4, -0.2) is 48.1 Å². The first-order chi connectivity index (χ1) is 12.6. The summed E-state index contributed by atoms with van der Waals surface area (Å²) in [5.74, 6) is -2.27. The standard InChI is InChI=1S/C16H17F5N2O4/c17-13(18)8-27-12-2-1-10(7-11(12)16(19,20)21)22-15(26)23-5-3-9(4-6-23)14(24)25/h1-2,7,9,13H,3-6,8H2,(H,22,26)(H,24,25). The number of halogens is 5. The molecule has 1 aromatic rings. The largest absolute Gasteiger partial charge is 0.487 e. The van der Waals surface area contributed by atoms with Crippen LogP contribution < -0.4 is 10.1 Å². The Hall–Kier alpha value is -2.59. The van der Waals surface area contributed by atoms with Gasteiger partial charge in [-0.2, -0.15) is 13.2 Å². The number of aliphatic carboxylic acids is 1. The second-order valence-corrected chi connectivity index (χ2v) is 5.94. The summed E-state index contributed by atoms with van der Waals surface area (Å²) in [4.78, 5) is 24.4. The van der Waals surface area contributed by atoms with Crippen LogP contribution in [0, 0.1) is 5.92 Å². The SMILES string of the molecule is O=C(O)C1CCN(C(=O)Nc2ccc(OCC(F)F)c(C(F)(F)F)c2)CC1. The molecule has 2 rings (SSSR count). The van der Waals surface area contributed by atoms with Gasteiger partial charge in [-0.15, -0.1) is 0 Å². The molecule has 0 atom stereocenters. The molecule has 0 aliphatic carbocycles. The third-order valence-corrected chi connectivity index (χ3v) is 4.03. The summed E-state index contributed by atoms with van der Waals surface area (Å²) < 4.78 is 68.2. The lowest BCUT2D eigenvalue weighted by Crippen LogP contribution is -2.42. The fraction of sp³-hybridized carbons (Fsp3) is 0.500. The number of amides is 2. The minimum atomic E-state index is -4.86. The zero-order chi connectivity index (χ0) is 20.2. The Kier molecular flexibility index (Phi) is 6.45. The minimum Gasteiger partial charge on any atom is -0.487 e. The number of urea groups is 1. The summed E-state index contributed by atoms with van der Waals surface area (Å²) in [6.07, 6.45) is -7.30. The molecular formula is C16H17F5N2O4. The first-order valence-electron chi connectivity index (χ1n) is 7.99. The van der Waals surface area contributed by atoms with E-state index in [4.69, 9.17) is 5.11 Å². The van der Waals surface area contributed by atoms with Crippen molar-refractivity contribution < 1.29 is 41.4 Å². The number of ether oxygens (including phenoxy) is 1. The van der Waals surface area contributed by atoms with Gasteiger partial charge in [0.15, 0.2) is 0 Å². The van der Waals surface area contributed by atoms with Crippen LogP contribution in [0.4, 0.5) is 32.4 Å². The van der Waals surface area contributed by atoms with Crippen molar-refractivity contribution in [3.05, 3.63) is 23.8 Å². The number of rotatable bonds is 5. The van der Waals surface area contributed by atoms with Crippen molar-refractivity contribution in [2.24, 2.45) is 5.92 Å². The van der Waals surface area contributed by atoms with Gasteiger partial charge in [0.2, 0.25) is 0 Å². The second kappa shape index (κ2) is 8.40. The molecule has 1 saturated heterocycles. The van der Waals surface area contributed by atoms with Crippen LogP contribution in [-0.2, 0) is 11.0 Å². The Labute approximate surface area is 150 Å². The van der Waals surface area contributed by atoms with Crippen molar-refractivity contribution in [1.82, 2.24) is 4.90 Å². The topological polar surface area (TPSA) is 78.9 Å². The number of likely N-dealkylation sites (tertiary alicyclic amines) is 1. The lowest BCUT2D eigenvalue weighted by Gasteiger charge is -2.30. The molecule has 0 spiro atoms. The highest BCUT2D eigenvalue weighted by Crippen LogP contribution is 2.38. The maximum Gasteiger partial charge on any atom is 0.420 e. The van der Waals surface area contributed by atoms with Crippen molar-refractivity contribution in [3.8, 4) is 5.75 Å². The molecule has 1 fully saturated rings. The number of piperidine rings is 1. The Morgan fingerprint density at radius 3 is 2.41 bits per heavy atom. The molecule has 0 saturated carbocycles. The molecule has 1 aliphatic heterocycles. The second-order valence-electron chi connectivity index (χ2n) is 5.94. The van der Waals surface area contributed by atoms with E-state index in [9.17, 15) is 31.5 Å². The van der Waals surface area contributed by atoms with E-state index in [0.29, 0.717) is 6.07 Å². The van der Waals surface area contributed by atoms with E-state index in [-0.39, 0.29) is 31.6 Å². The summed E-state index contributed by atoms with van der Waals surface area (Å²) in [7, 11) is 0. The quantitative estimate of drug-likeness (QED) is 0.745. The zero-order valence-electron chi connectivity index (χ0n) is 13.9. The number of carboxylic acid groups (broad SMARTS) is 1. The van der Waals surface area contributed by atoms with Gasteiger partial charge in [-0.1, -0.05) is 0 Å². The number of hydrogen-bond donors (Lipinski definition) is 2. The molecule has 1 aliphatic rings. The van der Waals surface area contributed by atoms with Gasteiger partial charge in [0.25, 0.3) is 6.43 Å². The molecule has 2 N–H and O–H groups in total. The van der Waals surface area contributed by atoms with Gasteiger partial charge in [-0.25, -0.2) is 13.6 Å². The van der Waals surface area contributed by atoms with Gasteiger partial charge >= 0.3 is 18.2 Å². The van der Waals surface area contributed by atoms with Gasteiger partial charge in [0, 0.05) is 18.8 Å². The maximum atomic E-state index is 13.1. The normalized spacial score (nSPS) is 15.7. The summed E-state index contributed by atoms with van der Waals surface area (Å²) in [6.45, 7) is -0.873. The minimum absolute atomic E-state index is 0.157. The molecule has 0 bridgehead atoms. The van der Waals surface area contributed by atoms with Gasteiger partial charge in [-0.05, 0) is 31.0 Å². The lowest BCUT2D eigenvalue weighted by atomic mass is 9.97. The molecule has 11 heteroatoms. The predicted octanol–water partition coefficient (Wildman–Crippen LogP) is 3.68. The third-order valence-electron chi connectivity index (χ3n) is 4.03. The first kappa shape index (κ1) is 20.7. The summed E-state index contributed by atoms with van der Waals surface area (Å²) in [5.41, 5.74) is -1.47. The van der Waals surface area contributed by atoms with Crippen molar-refractivity contribution in [2.75, 3.05) is 25.0 Å². The van der Waals surface area contributed by atoms with E-state index in [1.54, 1.807) is 0 Å². The molecule has 0 radical (unpaired) electrons. The predicted molar refractivity (Wildman–Crippen MR) is 83.9 cm³/mol. The Bertz CT molecular complexity index is 688. The van der Waals surface area contributed by atoms with E-state index in [1.807, 2.05) is 0 Å². The third kappa shape index (κ3) is 5.69. The number of nitrogens with one attached hydrogen (secondary N) is 1. The average molecular weight is 396 g/mol. The average Bonchev–Trinajstić information content (AvgIpc) is 2.59. The van der Waals surface area contributed by atoms with Gasteiger partial charge in [0.05, 0.1) is 11.5 Å².